The van der Waals surface area contributed by atoms with Crippen molar-refractivity contribution in [2.75, 3.05) is 0 Å². The summed E-state index contributed by atoms with van der Waals surface area (Å²) in [6, 6.07) is 6.16. The molecule has 0 aliphatic rings. The largest absolute Gasteiger partial charge is 0.416 e. The Morgan fingerprint density at radius 2 is 1.82 bits per heavy atom. The van der Waals surface area contributed by atoms with Gasteiger partial charge < -0.3 is 5.32 Å². The molecule has 0 unspecified atom stereocenters. The zero-order chi connectivity index (χ0) is 21.1. The van der Waals surface area contributed by atoms with Crippen molar-refractivity contribution < 1.29 is 30.8 Å². The first-order valence-electron chi connectivity index (χ1n) is 7.82. The van der Waals surface area contributed by atoms with Gasteiger partial charge in [0, 0.05) is 12.1 Å². The van der Waals surface area contributed by atoms with Gasteiger partial charge in [-0.3, -0.25) is 4.79 Å². The molecule has 0 aliphatic heterocycles. The molecule has 28 heavy (non-hydrogen) atoms. The van der Waals surface area contributed by atoms with Crippen molar-refractivity contribution in [2.24, 2.45) is 0 Å². The van der Waals surface area contributed by atoms with Gasteiger partial charge in [-0.25, -0.2) is 12.8 Å². The minimum absolute atomic E-state index is 0.187. The van der Waals surface area contributed by atoms with Gasteiger partial charge in [-0.1, -0.05) is 29.8 Å². The summed E-state index contributed by atoms with van der Waals surface area (Å²) in [6.07, 6.45) is -4.77. The van der Waals surface area contributed by atoms with Gasteiger partial charge in [-0.15, -0.1) is 0 Å². The first-order valence-corrected chi connectivity index (χ1v) is 9.68. The molecule has 0 heterocycles. The molecular weight excluding hydrogens is 424 g/mol. The topological polar surface area (TPSA) is 75.3 Å². The lowest BCUT2D eigenvalue weighted by molar-refractivity contribution is -0.137. The second-order valence-corrected chi connectivity index (χ2v) is 7.88. The molecule has 2 aromatic carbocycles. The molecule has 0 spiro atoms. The molecule has 1 atom stereocenters. The number of hydrogen-bond acceptors (Lipinski definition) is 3. The highest BCUT2D eigenvalue weighted by Gasteiger charge is 2.33. The zero-order valence-corrected chi connectivity index (χ0v) is 15.9. The van der Waals surface area contributed by atoms with Crippen LogP contribution < -0.4 is 10.0 Å². The highest BCUT2D eigenvalue weighted by Crippen LogP contribution is 2.33. The number of carbonyl (C=O) groups excluding carboxylic acids is 1. The summed E-state index contributed by atoms with van der Waals surface area (Å²) in [5.41, 5.74) is -1.01. The van der Waals surface area contributed by atoms with E-state index in [0.29, 0.717) is 12.1 Å². The van der Waals surface area contributed by atoms with E-state index < -0.39 is 49.4 Å². The van der Waals surface area contributed by atoms with E-state index in [2.05, 4.69) is 5.32 Å². The van der Waals surface area contributed by atoms with Crippen molar-refractivity contribution >= 4 is 27.5 Å². The van der Waals surface area contributed by atoms with Crippen molar-refractivity contribution in [1.29, 1.82) is 0 Å². The number of amides is 1. The second-order valence-electron chi connectivity index (χ2n) is 5.80. The molecule has 152 valence electrons. The third-order valence-electron chi connectivity index (χ3n) is 3.68. The fraction of sp³-hybridized carbons (Fsp3) is 0.235. The molecule has 2 N–H and O–H groups in total. The van der Waals surface area contributed by atoms with Gasteiger partial charge in [0.05, 0.1) is 16.6 Å². The van der Waals surface area contributed by atoms with E-state index >= 15 is 0 Å². The van der Waals surface area contributed by atoms with Gasteiger partial charge in [-0.2, -0.15) is 17.9 Å². The van der Waals surface area contributed by atoms with E-state index in [1.165, 1.54) is 25.1 Å². The fourth-order valence-corrected chi connectivity index (χ4v) is 3.94. The number of carbonyl (C=O) groups is 1. The Morgan fingerprint density at radius 3 is 2.43 bits per heavy atom. The second kappa shape index (κ2) is 8.46. The van der Waals surface area contributed by atoms with Crippen LogP contribution in [0, 0.1) is 5.82 Å². The Labute approximate surface area is 163 Å². The average Bonchev–Trinajstić information content (AvgIpc) is 2.59. The van der Waals surface area contributed by atoms with Crippen LogP contribution in [0.15, 0.2) is 47.4 Å². The van der Waals surface area contributed by atoms with Gasteiger partial charge in [0.1, 0.15) is 10.7 Å². The number of benzene rings is 2. The van der Waals surface area contributed by atoms with Crippen molar-refractivity contribution in [3.63, 3.8) is 0 Å². The van der Waals surface area contributed by atoms with Crippen LogP contribution in [-0.2, 0) is 27.5 Å². The molecule has 2 rings (SSSR count). The third kappa shape index (κ3) is 5.43. The highest BCUT2D eigenvalue weighted by molar-refractivity contribution is 7.89. The van der Waals surface area contributed by atoms with Crippen LogP contribution in [0.1, 0.15) is 18.1 Å². The van der Waals surface area contributed by atoms with Gasteiger partial charge >= 0.3 is 6.18 Å². The van der Waals surface area contributed by atoms with Crippen molar-refractivity contribution in [1.82, 2.24) is 10.0 Å². The Balaban J connectivity index is 2.13. The fourth-order valence-electron chi connectivity index (χ4n) is 2.21. The van der Waals surface area contributed by atoms with E-state index in [4.69, 9.17) is 11.6 Å². The molecule has 0 saturated carbocycles. The monoisotopic (exact) mass is 438 g/mol. The normalized spacial score (nSPS) is 13.2. The van der Waals surface area contributed by atoms with E-state index in [-0.39, 0.29) is 12.1 Å². The Morgan fingerprint density at radius 1 is 1.18 bits per heavy atom. The SMILES string of the molecule is C[C@@H](NS(=O)(=O)c1cc(C(F)(F)F)ccc1Cl)C(=O)NCc1ccccc1F. The summed E-state index contributed by atoms with van der Waals surface area (Å²) in [7, 11) is -4.53. The number of nitrogens with one attached hydrogen (secondary N) is 2. The average molecular weight is 439 g/mol. The van der Waals surface area contributed by atoms with Gasteiger partial charge in [-0.05, 0) is 31.2 Å². The van der Waals surface area contributed by atoms with Gasteiger partial charge in [0.2, 0.25) is 15.9 Å². The Hall–Kier alpha value is -2.17. The number of alkyl halides is 3. The number of halogens is 5. The van der Waals surface area contributed by atoms with Crippen LogP contribution in [0.4, 0.5) is 17.6 Å². The third-order valence-corrected chi connectivity index (χ3v) is 5.71. The number of rotatable bonds is 6. The summed E-state index contributed by atoms with van der Waals surface area (Å²) in [4.78, 5) is 11.3. The Kier molecular flexibility index (Phi) is 6.68. The molecule has 0 radical (unpaired) electrons. The zero-order valence-electron chi connectivity index (χ0n) is 14.3. The van der Waals surface area contributed by atoms with E-state index in [1.807, 2.05) is 4.72 Å². The maximum Gasteiger partial charge on any atom is 0.416 e. The lowest BCUT2D eigenvalue weighted by Gasteiger charge is -2.16. The van der Waals surface area contributed by atoms with E-state index in [0.717, 1.165) is 6.07 Å². The van der Waals surface area contributed by atoms with Crippen molar-refractivity contribution in [2.45, 2.75) is 30.6 Å². The van der Waals surface area contributed by atoms with Crippen molar-refractivity contribution in [3.8, 4) is 0 Å². The number of sulfonamides is 1. The lowest BCUT2D eigenvalue weighted by Crippen LogP contribution is -2.44. The molecule has 0 aliphatic carbocycles. The minimum Gasteiger partial charge on any atom is -0.351 e. The van der Waals surface area contributed by atoms with Crippen LogP contribution in [0.2, 0.25) is 5.02 Å². The predicted octanol–water partition coefficient (Wildman–Crippen LogP) is 3.48. The van der Waals surface area contributed by atoms with Crippen LogP contribution in [0.25, 0.3) is 0 Å². The molecule has 11 heteroatoms. The summed E-state index contributed by atoms with van der Waals surface area (Å²) in [5, 5.41) is 1.91. The first-order chi connectivity index (χ1) is 12.9. The maximum absolute atomic E-state index is 13.5. The summed E-state index contributed by atoms with van der Waals surface area (Å²) in [5.74, 6) is -1.35. The van der Waals surface area contributed by atoms with Crippen molar-refractivity contribution in [3.05, 3.63) is 64.4 Å². The van der Waals surface area contributed by atoms with Crippen LogP contribution in [-0.4, -0.2) is 20.4 Å². The molecule has 0 fully saturated rings. The van der Waals surface area contributed by atoms with Gasteiger partial charge in [0.15, 0.2) is 0 Å². The smallest absolute Gasteiger partial charge is 0.351 e. The molecular formula is C17H15ClF4N2O3S. The molecule has 0 aromatic heterocycles. The molecule has 0 saturated heterocycles. The molecule has 2 aromatic rings. The van der Waals surface area contributed by atoms with Gasteiger partial charge in [0.25, 0.3) is 0 Å². The molecule has 1 amide bonds. The van der Waals surface area contributed by atoms with Crippen LogP contribution >= 0.6 is 11.6 Å². The Bertz CT molecular complexity index is 981. The number of hydrogen-bond donors (Lipinski definition) is 2. The maximum atomic E-state index is 13.5. The highest BCUT2D eigenvalue weighted by atomic mass is 35.5. The molecule has 0 bridgehead atoms. The lowest BCUT2D eigenvalue weighted by atomic mass is 10.2. The quantitative estimate of drug-likeness (QED) is 0.678. The summed E-state index contributed by atoms with van der Waals surface area (Å²) >= 11 is 5.72. The molecule has 5 nitrogen and oxygen atoms in total. The predicted molar refractivity (Wildman–Crippen MR) is 94.5 cm³/mol. The van der Waals surface area contributed by atoms with E-state index in [1.54, 1.807) is 6.07 Å². The van der Waals surface area contributed by atoms with Crippen LogP contribution in [0.5, 0.6) is 0 Å². The summed E-state index contributed by atoms with van der Waals surface area (Å²) < 4.78 is 78.7. The van der Waals surface area contributed by atoms with Crippen LogP contribution in [0.3, 0.4) is 0 Å². The first kappa shape index (κ1) is 22.1. The minimum atomic E-state index is -4.77. The summed E-state index contributed by atoms with van der Waals surface area (Å²) in [6.45, 7) is 0.998. The van der Waals surface area contributed by atoms with E-state index in [9.17, 15) is 30.8 Å². The standard InChI is InChI=1S/C17H15ClF4N2O3S/c1-10(16(25)23-9-11-4-2-3-5-14(11)19)24-28(26,27)15-8-12(17(20,21)22)6-7-13(15)18/h2-8,10,24H,9H2,1H3,(H,23,25)/t10-/m1/s1.